The van der Waals surface area contributed by atoms with Gasteiger partial charge in [0.25, 0.3) is 0 Å². The van der Waals surface area contributed by atoms with Crippen LogP contribution in [0, 0.1) is 0 Å². The van der Waals surface area contributed by atoms with E-state index in [0.717, 1.165) is 0 Å². The fourth-order valence-corrected chi connectivity index (χ4v) is 0.266. The van der Waals surface area contributed by atoms with Crippen LogP contribution >= 0.6 is 0 Å². The Morgan fingerprint density at radius 3 is 2.09 bits per heavy atom. The molecular weight excluding hydrogens is 161 g/mol. The molecule has 0 aliphatic carbocycles. The number of hydrogen-bond donors (Lipinski definition) is 1. The van der Waals surface area contributed by atoms with Crippen LogP contribution in [0.1, 0.15) is 0 Å². The van der Waals surface area contributed by atoms with E-state index in [1.807, 2.05) is 0 Å². The predicted octanol–water partition coefficient (Wildman–Crippen LogP) is 1.75. The first kappa shape index (κ1) is 9.74. The summed E-state index contributed by atoms with van der Waals surface area (Å²) in [7, 11) is 0. The van der Waals surface area contributed by atoms with Crippen molar-refractivity contribution in [1.29, 1.82) is 0 Å². The molecule has 0 atom stereocenters. The molecule has 0 bridgehead atoms. The third-order valence-electron chi connectivity index (χ3n) is 0.791. The topological polar surface area (TPSA) is 37.3 Å². The predicted molar refractivity (Wildman–Crippen MR) is 32.0 cm³/mol. The minimum atomic E-state index is -4.55. The smallest absolute Gasteiger partial charge is 0.415 e. The molecule has 1 N–H and O–H groups in total. The van der Waals surface area contributed by atoms with Gasteiger partial charge in [-0.2, -0.15) is 13.2 Å². The highest BCUT2D eigenvalue weighted by atomic mass is 19.4. The van der Waals surface area contributed by atoms with Gasteiger partial charge in [-0.1, -0.05) is 6.58 Å². The standard InChI is InChI=1S/C6H5F3O2/c1-4(6(7,8)9)2-3-5(10)11/h2-3H,1H2,(H,10,11)/b3-2+. The second kappa shape index (κ2) is 3.23. The average Bonchev–Trinajstić information content (AvgIpc) is 1.80. The Kier molecular flexibility index (Phi) is 2.86. The normalized spacial score (nSPS) is 11.9. The van der Waals surface area contributed by atoms with Gasteiger partial charge in [0.1, 0.15) is 0 Å². The van der Waals surface area contributed by atoms with E-state index in [2.05, 4.69) is 6.58 Å². The lowest BCUT2D eigenvalue weighted by Crippen LogP contribution is -2.08. The molecule has 0 amide bonds. The molecule has 0 rings (SSSR count). The van der Waals surface area contributed by atoms with Crippen molar-refractivity contribution in [3.8, 4) is 0 Å². The molecule has 0 saturated heterocycles. The summed E-state index contributed by atoms with van der Waals surface area (Å²) in [6, 6.07) is 0. The van der Waals surface area contributed by atoms with E-state index in [9.17, 15) is 18.0 Å². The second-order valence-electron chi connectivity index (χ2n) is 1.69. The molecule has 0 saturated carbocycles. The van der Waals surface area contributed by atoms with Gasteiger partial charge in [-0.05, 0) is 6.08 Å². The Morgan fingerprint density at radius 1 is 1.36 bits per heavy atom. The highest BCUT2D eigenvalue weighted by Crippen LogP contribution is 2.24. The maximum atomic E-state index is 11.6. The number of carbonyl (C=O) groups is 1. The fraction of sp³-hybridized carbons (Fsp3) is 0.167. The Bertz CT molecular complexity index is 202. The molecule has 11 heavy (non-hydrogen) atoms. The van der Waals surface area contributed by atoms with Crippen molar-refractivity contribution in [2.75, 3.05) is 0 Å². The number of hydrogen-bond acceptors (Lipinski definition) is 1. The number of allylic oxidation sites excluding steroid dienone is 2. The third-order valence-corrected chi connectivity index (χ3v) is 0.791. The van der Waals surface area contributed by atoms with Crippen LogP contribution in [-0.4, -0.2) is 17.3 Å². The zero-order chi connectivity index (χ0) is 9.07. The lowest BCUT2D eigenvalue weighted by Gasteiger charge is -2.03. The van der Waals surface area contributed by atoms with Crippen molar-refractivity contribution in [3.05, 3.63) is 24.3 Å². The number of carboxylic acid groups (broad SMARTS) is 1. The molecule has 2 nitrogen and oxygen atoms in total. The minimum absolute atomic E-state index is 0.385. The zero-order valence-electron chi connectivity index (χ0n) is 5.35. The van der Waals surface area contributed by atoms with Crippen LogP contribution < -0.4 is 0 Å². The van der Waals surface area contributed by atoms with Crippen LogP contribution in [0.25, 0.3) is 0 Å². The molecule has 0 aromatic rings. The molecule has 0 aromatic carbocycles. The van der Waals surface area contributed by atoms with Gasteiger partial charge in [-0.3, -0.25) is 0 Å². The Labute approximate surface area is 60.6 Å². The Balaban J connectivity index is 4.20. The van der Waals surface area contributed by atoms with E-state index >= 15 is 0 Å². The molecule has 0 aliphatic rings. The highest BCUT2D eigenvalue weighted by Gasteiger charge is 2.29. The van der Waals surface area contributed by atoms with Crippen LogP contribution in [-0.2, 0) is 4.79 Å². The number of aliphatic carboxylic acids is 1. The van der Waals surface area contributed by atoms with Crippen molar-refractivity contribution < 1.29 is 23.1 Å². The van der Waals surface area contributed by atoms with E-state index < -0.39 is 17.7 Å². The summed E-state index contributed by atoms with van der Waals surface area (Å²) in [6.07, 6.45) is -3.76. The summed E-state index contributed by atoms with van der Waals surface area (Å²) < 4.78 is 34.7. The largest absolute Gasteiger partial charge is 0.478 e. The van der Waals surface area contributed by atoms with Gasteiger partial charge in [-0.25, -0.2) is 4.79 Å². The molecule has 0 aliphatic heterocycles. The fourth-order valence-electron chi connectivity index (χ4n) is 0.266. The molecular formula is C6H5F3O2. The first-order valence-corrected chi connectivity index (χ1v) is 2.51. The Hall–Kier alpha value is -1.26. The van der Waals surface area contributed by atoms with Crippen molar-refractivity contribution in [2.45, 2.75) is 6.18 Å². The lowest BCUT2D eigenvalue weighted by atomic mass is 10.3. The van der Waals surface area contributed by atoms with Crippen molar-refractivity contribution in [1.82, 2.24) is 0 Å². The van der Waals surface area contributed by atoms with Gasteiger partial charge in [0.05, 0.1) is 0 Å². The van der Waals surface area contributed by atoms with Gasteiger partial charge < -0.3 is 5.11 Å². The highest BCUT2D eigenvalue weighted by molar-refractivity contribution is 5.80. The summed E-state index contributed by atoms with van der Waals surface area (Å²) in [6.45, 7) is 2.62. The van der Waals surface area contributed by atoms with Crippen LogP contribution in [0.15, 0.2) is 24.3 Å². The number of halogens is 3. The SMILES string of the molecule is C=C(/C=C/C(=O)O)C(F)(F)F. The number of rotatable bonds is 2. The molecule has 0 heterocycles. The van der Waals surface area contributed by atoms with E-state index in [1.54, 1.807) is 0 Å². The average molecular weight is 166 g/mol. The van der Waals surface area contributed by atoms with Crippen LogP contribution in [0.4, 0.5) is 13.2 Å². The monoisotopic (exact) mass is 166 g/mol. The van der Waals surface area contributed by atoms with Crippen LogP contribution in [0.2, 0.25) is 0 Å². The summed E-state index contributed by atoms with van der Waals surface area (Å²) in [5.74, 6) is -1.43. The molecule has 0 spiro atoms. The van der Waals surface area contributed by atoms with E-state index in [1.165, 1.54) is 0 Å². The van der Waals surface area contributed by atoms with Gasteiger partial charge in [-0.15, -0.1) is 0 Å². The number of carboxylic acids is 1. The minimum Gasteiger partial charge on any atom is -0.478 e. The second-order valence-corrected chi connectivity index (χ2v) is 1.69. The van der Waals surface area contributed by atoms with Gasteiger partial charge in [0.2, 0.25) is 0 Å². The van der Waals surface area contributed by atoms with Crippen molar-refractivity contribution in [3.63, 3.8) is 0 Å². The maximum Gasteiger partial charge on any atom is 0.415 e. The van der Waals surface area contributed by atoms with Crippen molar-refractivity contribution >= 4 is 5.97 Å². The summed E-state index contributed by atoms with van der Waals surface area (Å²) in [5, 5.41) is 7.93. The zero-order valence-corrected chi connectivity index (χ0v) is 5.35. The summed E-state index contributed by atoms with van der Waals surface area (Å²) >= 11 is 0. The van der Waals surface area contributed by atoms with Crippen LogP contribution in [0.3, 0.4) is 0 Å². The molecule has 5 heteroatoms. The van der Waals surface area contributed by atoms with Crippen LogP contribution in [0.5, 0.6) is 0 Å². The van der Waals surface area contributed by atoms with E-state index in [0.29, 0.717) is 12.2 Å². The van der Waals surface area contributed by atoms with Gasteiger partial charge in [0.15, 0.2) is 0 Å². The molecule has 0 radical (unpaired) electrons. The first-order valence-electron chi connectivity index (χ1n) is 2.51. The molecule has 62 valence electrons. The van der Waals surface area contributed by atoms with Gasteiger partial charge >= 0.3 is 12.1 Å². The summed E-state index contributed by atoms with van der Waals surface area (Å²) in [5.41, 5.74) is -1.18. The number of alkyl halides is 3. The quantitative estimate of drug-likeness (QED) is 0.501. The Morgan fingerprint density at radius 2 is 1.82 bits per heavy atom. The summed E-state index contributed by atoms with van der Waals surface area (Å²) in [4.78, 5) is 9.74. The molecule has 0 fully saturated rings. The van der Waals surface area contributed by atoms with Gasteiger partial charge in [0, 0.05) is 11.6 Å². The maximum absolute atomic E-state index is 11.6. The molecule has 0 unspecified atom stereocenters. The third kappa shape index (κ3) is 4.19. The van der Waals surface area contributed by atoms with Crippen molar-refractivity contribution in [2.24, 2.45) is 0 Å². The first-order chi connectivity index (χ1) is 4.84. The van der Waals surface area contributed by atoms with E-state index in [4.69, 9.17) is 5.11 Å². The lowest BCUT2D eigenvalue weighted by molar-refractivity contribution is -0.131. The van der Waals surface area contributed by atoms with E-state index in [-0.39, 0.29) is 0 Å². The molecule has 0 aromatic heterocycles.